The fraction of sp³-hybridized carbons (Fsp3) is 0.276. The van der Waals surface area contributed by atoms with E-state index in [1.165, 1.54) is 10.5 Å². The predicted octanol–water partition coefficient (Wildman–Crippen LogP) is 5.52. The van der Waals surface area contributed by atoms with Crippen molar-refractivity contribution in [2.24, 2.45) is 0 Å². The van der Waals surface area contributed by atoms with Gasteiger partial charge < -0.3 is 5.32 Å². The van der Waals surface area contributed by atoms with Crippen molar-refractivity contribution in [2.45, 2.75) is 44.6 Å². The first kappa shape index (κ1) is 23.3. The Bertz CT molecular complexity index is 1300. The molecule has 0 saturated carbocycles. The van der Waals surface area contributed by atoms with E-state index in [4.69, 9.17) is 5.41 Å². The smallest absolute Gasteiger partial charge is 0.239 e. The molecule has 2 atom stereocenters. The van der Waals surface area contributed by atoms with Crippen molar-refractivity contribution in [3.05, 3.63) is 95.1 Å². The van der Waals surface area contributed by atoms with Gasteiger partial charge in [-0.15, -0.1) is 0 Å². The Balaban J connectivity index is 1.83. The second-order valence-corrected chi connectivity index (χ2v) is 10.2. The Morgan fingerprint density at radius 1 is 1.00 bits per heavy atom. The number of likely N-dealkylation sites (N-methyl/N-ethyl adjacent to an activating group) is 1. The van der Waals surface area contributed by atoms with Gasteiger partial charge in [0.1, 0.15) is 0 Å². The summed E-state index contributed by atoms with van der Waals surface area (Å²) in [5, 5.41) is 21.0. The van der Waals surface area contributed by atoms with Crippen molar-refractivity contribution in [2.75, 3.05) is 7.05 Å². The highest BCUT2D eigenvalue weighted by atomic mass is 16.2. The average Bonchev–Trinajstić information content (AvgIpc) is 2.82. The van der Waals surface area contributed by atoms with Crippen LogP contribution in [0.15, 0.2) is 72.8 Å². The minimum absolute atomic E-state index is 0.0157. The molecule has 0 aliphatic carbocycles. The Morgan fingerprint density at radius 2 is 1.62 bits per heavy atom. The molecule has 0 unspecified atom stereocenters. The van der Waals surface area contributed by atoms with Gasteiger partial charge in [-0.05, 0) is 58.4 Å². The van der Waals surface area contributed by atoms with Gasteiger partial charge in [0.25, 0.3) is 0 Å². The Hall–Kier alpha value is -3.91. The number of rotatable bonds is 3. The zero-order chi connectivity index (χ0) is 24.7. The molecule has 5 nitrogen and oxygen atoms in total. The van der Waals surface area contributed by atoms with Gasteiger partial charge >= 0.3 is 0 Å². The van der Waals surface area contributed by atoms with Crippen LogP contribution in [-0.4, -0.2) is 23.8 Å². The molecular weight excluding hydrogens is 420 g/mol. The van der Waals surface area contributed by atoms with Crippen LogP contribution in [0, 0.1) is 16.7 Å². The number of guanidine groups is 1. The lowest BCUT2D eigenvalue weighted by atomic mass is 9.72. The molecule has 1 aliphatic heterocycles. The molecule has 1 fully saturated rings. The minimum Gasteiger partial charge on any atom is -0.346 e. The van der Waals surface area contributed by atoms with Crippen molar-refractivity contribution in [3.63, 3.8) is 0 Å². The quantitative estimate of drug-likeness (QED) is 0.551. The van der Waals surface area contributed by atoms with Crippen LogP contribution in [-0.2, 0) is 15.7 Å². The summed E-state index contributed by atoms with van der Waals surface area (Å²) in [7, 11) is 1.64. The number of hydrogen-bond donors (Lipinski definition) is 2. The van der Waals surface area contributed by atoms with Gasteiger partial charge in [0, 0.05) is 7.05 Å². The van der Waals surface area contributed by atoms with E-state index >= 15 is 0 Å². The number of amides is 1. The molecule has 1 heterocycles. The minimum atomic E-state index is -0.827. The predicted molar refractivity (Wildman–Crippen MR) is 135 cm³/mol. The maximum absolute atomic E-state index is 13.6. The van der Waals surface area contributed by atoms with Crippen molar-refractivity contribution >= 4 is 11.9 Å². The summed E-state index contributed by atoms with van der Waals surface area (Å²) in [5.41, 5.74) is 4.69. The third kappa shape index (κ3) is 4.08. The number of carbonyl (C=O) groups is 1. The number of nitrogens with one attached hydrogen (secondary N) is 2. The fourth-order valence-corrected chi connectivity index (χ4v) is 4.63. The summed E-state index contributed by atoms with van der Waals surface area (Å²) in [6.07, 6.45) is 0. The molecule has 2 N–H and O–H groups in total. The molecule has 3 aromatic rings. The zero-order valence-electron chi connectivity index (χ0n) is 20.3. The SMILES string of the molecule is CN1C(=N)N[C@](C)(c2cccc(-c3cccc(C#N)c3)c2)[C@H](c2ccc(C(C)(C)C)cc2)C1=O. The fourth-order valence-electron chi connectivity index (χ4n) is 4.63. The van der Waals surface area contributed by atoms with Crippen LogP contribution < -0.4 is 5.32 Å². The Morgan fingerprint density at radius 3 is 2.24 bits per heavy atom. The first-order valence-corrected chi connectivity index (χ1v) is 11.4. The maximum atomic E-state index is 13.6. The highest BCUT2D eigenvalue weighted by Gasteiger charge is 2.48. The molecule has 1 amide bonds. The summed E-state index contributed by atoms with van der Waals surface area (Å²) < 4.78 is 0. The molecule has 4 rings (SSSR count). The first-order chi connectivity index (χ1) is 16.0. The van der Waals surface area contributed by atoms with E-state index in [1.54, 1.807) is 13.1 Å². The van der Waals surface area contributed by atoms with Crippen LogP contribution in [0.25, 0.3) is 11.1 Å². The Kier molecular flexibility index (Phi) is 5.79. The molecule has 3 aromatic carbocycles. The van der Waals surface area contributed by atoms with Crippen LogP contribution in [0.2, 0.25) is 0 Å². The first-order valence-electron chi connectivity index (χ1n) is 11.4. The third-order valence-electron chi connectivity index (χ3n) is 6.77. The van der Waals surface area contributed by atoms with Gasteiger partial charge in [-0.1, -0.05) is 75.4 Å². The second kappa shape index (κ2) is 8.46. The van der Waals surface area contributed by atoms with Gasteiger partial charge in [0.2, 0.25) is 5.91 Å². The van der Waals surface area contributed by atoms with Gasteiger partial charge in [0.15, 0.2) is 5.96 Å². The standard InChI is InChI=1S/C29H30N4O/c1-28(2,3)23-14-12-20(13-15-23)25-26(34)33(5)27(31)32-29(25,4)24-11-7-10-22(17-24)21-9-6-8-19(16-21)18-30/h6-17,25H,1-5H3,(H2,31,32)/t25-,29-/m1/s1. The third-order valence-corrected chi connectivity index (χ3v) is 6.77. The molecule has 5 heteroatoms. The van der Waals surface area contributed by atoms with Gasteiger partial charge in [-0.25, -0.2) is 0 Å². The molecular formula is C29H30N4O. The number of hydrogen-bond acceptors (Lipinski definition) is 3. The zero-order valence-corrected chi connectivity index (χ0v) is 20.3. The number of benzene rings is 3. The average molecular weight is 451 g/mol. The molecule has 34 heavy (non-hydrogen) atoms. The molecule has 0 radical (unpaired) electrons. The number of nitriles is 1. The number of nitrogens with zero attached hydrogens (tertiary/aromatic N) is 2. The highest BCUT2D eigenvalue weighted by Crippen LogP contribution is 2.42. The molecule has 0 aromatic heterocycles. The van der Waals surface area contributed by atoms with Gasteiger partial charge in [-0.3, -0.25) is 15.1 Å². The number of carbonyl (C=O) groups excluding carboxylic acids is 1. The Labute approximate surface area is 201 Å². The van der Waals surface area contributed by atoms with E-state index < -0.39 is 11.5 Å². The lowest BCUT2D eigenvalue weighted by molar-refractivity contribution is -0.131. The van der Waals surface area contributed by atoms with E-state index in [0.29, 0.717) is 5.56 Å². The van der Waals surface area contributed by atoms with E-state index in [0.717, 1.165) is 22.3 Å². The topological polar surface area (TPSA) is 80.0 Å². The van der Waals surface area contributed by atoms with Crippen LogP contribution >= 0.6 is 0 Å². The maximum Gasteiger partial charge on any atom is 0.239 e. The summed E-state index contributed by atoms with van der Waals surface area (Å²) >= 11 is 0. The van der Waals surface area contributed by atoms with E-state index in [2.05, 4.69) is 44.3 Å². The second-order valence-electron chi connectivity index (χ2n) is 10.2. The summed E-state index contributed by atoms with van der Waals surface area (Å²) in [6.45, 7) is 8.49. The highest BCUT2D eigenvalue weighted by molar-refractivity contribution is 6.02. The van der Waals surface area contributed by atoms with Crippen LogP contribution in [0.1, 0.15) is 55.9 Å². The van der Waals surface area contributed by atoms with Crippen molar-refractivity contribution in [3.8, 4) is 17.2 Å². The van der Waals surface area contributed by atoms with E-state index in [9.17, 15) is 10.1 Å². The summed E-state index contributed by atoms with van der Waals surface area (Å²) in [6, 6.07) is 25.9. The molecule has 1 saturated heterocycles. The van der Waals surface area contributed by atoms with Gasteiger partial charge in [-0.2, -0.15) is 5.26 Å². The van der Waals surface area contributed by atoms with Crippen LogP contribution in [0.3, 0.4) is 0 Å². The largest absolute Gasteiger partial charge is 0.346 e. The summed E-state index contributed by atoms with van der Waals surface area (Å²) in [5.74, 6) is -0.556. The van der Waals surface area contributed by atoms with Crippen molar-refractivity contribution in [1.82, 2.24) is 10.2 Å². The molecule has 1 aliphatic rings. The van der Waals surface area contributed by atoms with Crippen molar-refractivity contribution < 1.29 is 4.79 Å². The monoisotopic (exact) mass is 450 g/mol. The van der Waals surface area contributed by atoms with E-state index in [-0.39, 0.29) is 17.3 Å². The molecule has 0 bridgehead atoms. The van der Waals surface area contributed by atoms with Crippen LogP contribution in [0.5, 0.6) is 0 Å². The van der Waals surface area contributed by atoms with Crippen LogP contribution in [0.4, 0.5) is 0 Å². The molecule has 172 valence electrons. The lowest BCUT2D eigenvalue weighted by Gasteiger charge is -2.46. The van der Waals surface area contributed by atoms with Crippen molar-refractivity contribution in [1.29, 1.82) is 10.7 Å². The lowest BCUT2D eigenvalue weighted by Crippen LogP contribution is -2.62. The molecule has 0 spiro atoms. The van der Waals surface area contributed by atoms with E-state index in [1.807, 2.05) is 61.5 Å². The summed E-state index contributed by atoms with van der Waals surface area (Å²) in [4.78, 5) is 14.9. The normalized spacial score (nSPS) is 20.6. The van der Waals surface area contributed by atoms with Gasteiger partial charge in [0.05, 0.1) is 23.1 Å².